The smallest absolute Gasteiger partial charge is 0.406 e. The van der Waals surface area contributed by atoms with Crippen molar-refractivity contribution >= 4 is 5.78 Å². The Morgan fingerprint density at radius 3 is 1.95 bits per heavy atom. The predicted molar refractivity (Wildman–Crippen MR) is 72.9 cm³/mol. The summed E-state index contributed by atoms with van der Waals surface area (Å²) >= 11 is 0. The third kappa shape index (κ3) is 3.06. The van der Waals surface area contributed by atoms with Crippen molar-refractivity contribution in [3.63, 3.8) is 0 Å². The van der Waals surface area contributed by atoms with Gasteiger partial charge < -0.3 is 4.74 Å². The standard InChI is InChI=1S/C16H19F3O2/c1-14(2)13(15(14,3)4)12(20)9-10-5-7-11(8-6-10)21-16(17,18)19/h5-8,13H,9H2,1-4H3. The summed E-state index contributed by atoms with van der Waals surface area (Å²) in [7, 11) is 0. The van der Waals surface area contributed by atoms with Crippen LogP contribution in [0.4, 0.5) is 13.2 Å². The van der Waals surface area contributed by atoms with Crippen molar-refractivity contribution in [2.24, 2.45) is 16.7 Å². The second-order valence-corrected chi connectivity index (χ2v) is 6.71. The van der Waals surface area contributed by atoms with Gasteiger partial charge in [-0.05, 0) is 28.5 Å². The average Bonchev–Trinajstić information content (AvgIpc) is 2.70. The molecule has 1 fully saturated rings. The zero-order chi connectivity index (χ0) is 16.1. The fourth-order valence-corrected chi connectivity index (χ4v) is 3.11. The Morgan fingerprint density at radius 1 is 1.10 bits per heavy atom. The van der Waals surface area contributed by atoms with Gasteiger partial charge in [-0.3, -0.25) is 4.79 Å². The molecule has 2 rings (SSSR count). The van der Waals surface area contributed by atoms with Crippen molar-refractivity contribution in [2.45, 2.75) is 40.5 Å². The van der Waals surface area contributed by atoms with Crippen LogP contribution < -0.4 is 4.74 Å². The Kier molecular flexibility index (Phi) is 3.59. The van der Waals surface area contributed by atoms with E-state index in [0.29, 0.717) is 5.56 Å². The topological polar surface area (TPSA) is 26.3 Å². The lowest BCUT2D eigenvalue weighted by atomic mass is 10.0. The maximum atomic E-state index is 12.3. The molecule has 0 atom stereocenters. The molecule has 0 bridgehead atoms. The first-order valence-corrected chi connectivity index (χ1v) is 6.82. The molecule has 1 aromatic rings. The van der Waals surface area contributed by atoms with Crippen LogP contribution in [-0.2, 0) is 11.2 Å². The molecule has 0 unspecified atom stereocenters. The number of rotatable bonds is 4. The van der Waals surface area contributed by atoms with Gasteiger partial charge in [-0.2, -0.15) is 0 Å². The fraction of sp³-hybridized carbons (Fsp3) is 0.562. The SMILES string of the molecule is CC1(C)C(C(=O)Cc2ccc(OC(F)(F)F)cc2)C1(C)C. The molecule has 0 saturated heterocycles. The van der Waals surface area contributed by atoms with Gasteiger partial charge in [-0.15, -0.1) is 13.2 Å². The normalized spacial score (nSPS) is 20.1. The first-order valence-electron chi connectivity index (χ1n) is 6.82. The zero-order valence-electron chi connectivity index (χ0n) is 12.5. The molecule has 1 aliphatic rings. The molecule has 1 aliphatic carbocycles. The fourth-order valence-electron chi connectivity index (χ4n) is 3.11. The van der Waals surface area contributed by atoms with Gasteiger partial charge in [0.05, 0.1) is 0 Å². The van der Waals surface area contributed by atoms with Crippen molar-refractivity contribution in [3.05, 3.63) is 29.8 Å². The summed E-state index contributed by atoms with van der Waals surface area (Å²) in [5, 5.41) is 0. The van der Waals surface area contributed by atoms with E-state index < -0.39 is 6.36 Å². The van der Waals surface area contributed by atoms with Crippen LogP contribution in [0, 0.1) is 16.7 Å². The number of Topliss-reactive ketones (excluding diaryl/α,β-unsaturated/α-hetero) is 1. The summed E-state index contributed by atoms with van der Waals surface area (Å²) in [6.07, 6.45) is -4.46. The van der Waals surface area contributed by atoms with Crippen molar-refractivity contribution < 1.29 is 22.7 Å². The summed E-state index contributed by atoms with van der Waals surface area (Å²) in [4.78, 5) is 12.3. The molecule has 0 heterocycles. The van der Waals surface area contributed by atoms with E-state index in [9.17, 15) is 18.0 Å². The van der Waals surface area contributed by atoms with E-state index in [-0.39, 0.29) is 34.7 Å². The van der Waals surface area contributed by atoms with E-state index in [0.717, 1.165) is 0 Å². The lowest BCUT2D eigenvalue weighted by molar-refractivity contribution is -0.274. The molecule has 1 saturated carbocycles. The lowest BCUT2D eigenvalue weighted by Gasteiger charge is -2.09. The summed E-state index contributed by atoms with van der Waals surface area (Å²) in [5.41, 5.74) is 0.653. The average molecular weight is 300 g/mol. The largest absolute Gasteiger partial charge is 0.573 e. The van der Waals surface area contributed by atoms with Crippen LogP contribution in [-0.4, -0.2) is 12.1 Å². The van der Waals surface area contributed by atoms with Crippen LogP contribution in [0.15, 0.2) is 24.3 Å². The van der Waals surface area contributed by atoms with E-state index in [1.807, 2.05) is 0 Å². The Hall–Kier alpha value is -1.52. The van der Waals surface area contributed by atoms with Gasteiger partial charge >= 0.3 is 6.36 Å². The van der Waals surface area contributed by atoms with Crippen molar-refractivity contribution in [1.82, 2.24) is 0 Å². The molecule has 21 heavy (non-hydrogen) atoms. The molecule has 0 N–H and O–H groups in total. The number of benzene rings is 1. The first-order chi connectivity index (χ1) is 9.45. The van der Waals surface area contributed by atoms with Crippen LogP contribution in [0.3, 0.4) is 0 Å². The van der Waals surface area contributed by atoms with Crippen molar-refractivity contribution in [3.8, 4) is 5.75 Å². The minimum absolute atomic E-state index is 0.00361. The zero-order valence-corrected chi connectivity index (χ0v) is 12.5. The maximum absolute atomic E-state index is 12.3. The van der Waals surface area contributed by atoms with Gasteiger partial charge in [0.1, 0.15) is 11.5 Å². The number of ketones is 1. The summed E-state index contributed by atoms with van der Waals surface area (Å²) in [6, 6.07) is 5.47. The number of carbonyl (C=O) groups excluding carboxylic acids is 1. The maximum Gasteiger partial charge on any atom is 0.573 e. The highest BCUT2D eigenvalue weighted by Gasteiger charge is 2.67. The third-order valence-electron chi connectivity index (χ3n) is 4.88. The molecule has 0 amide bonds. The number of halogens is 3. The Balaban J connectivity index is 2.00. The molecule has 0 radical (unpaired) electrons. The van der Waals surface area contributed by atoms with E-state index >= 15 is 0 Å². The van der Waals surface area contributed by atoms with Gasteiger partial charge in [-0.25, -0.2) is 0 Å². The minimum Gasteiger partial charge on any atom is -0.406 e. The number of hydrogen-bond donors (Lipinski definition) is 0. The van der Waals surface area contributed by atoms with Crippen LogP contribution >= 0.6 is 0 Å². The Bertz CT molecular complexity index is 528. The highest BCUT2D eigenvalue weighted by molar-refractivity contribution is 5.88. The van der Waals surface area contributed by atoms with E-state index in [1.165, 1.54) is 24.3 Å². The molecule has 0 aliphatic heterocycles. The molecule has 116 valence electrons. The predicted octanol–water partition coefficient (Wildman–Crippen LogP) is 4.38. The van der Waals surface area contributed by atoms with Gasteiger partial charge in [0, 0.05) is 12.3 Å². The van der Waals surface area contributed by atoms with E-state index in [2.05, 4.69) is 32.4 Å². The van der Waals surface area contributed by atoms with Crippen molar-refractivity contribution in [2.75, 3.05) is 0 Å². The first kappa shape index (κ1) is 15.9. The van der Waals surface area contributed by atoms with Crippen molar-refractivity contribution in [1.29, 1.82) is 0 Å². The lowest BCUT2D eigenvalue weighted by Crippen LogP contribution is -2.17. The quantitative estimate of drug-likeness (QED) is 0.825. The molecular weight excluding hydrogens is 281 g/mol. The summed E-state index contributed by atoms with van der Waals surface area (Å²) in [5.74, 6) is -0.142. The van der Waals surface area contributed by atoms with Crippen LogP contribution in [0.1, 0.15) is 33.3 Å². The number of ether oxygens (including phenoxy) is 1. The number of alkyl halides is 3. The van der Waals surface area contributed by atoms with Gasteiger partial charge in [0.25, 0.3) is 0 Å². The molecule has 0 aromatic heterocycles. The molecular formula is C16H19F3O2. The molecule has 5 heteroatoms. The number of hydrogen-bond acceptors (Lipinski definition) is 2. The van der Waals surface area contributed by atoms with Crippen LogP contribution in [0.25, 0.3) is 0 Å². The highest BCUT2D eigenvalue weighted by Crippen LogP contribution is 2.68. The van der Waals surface area contributed by atoms with Crippen LogP contribution in [0.2, 0.25) is 0 Å². The summed E-state index contributed by atoms with van der Waals surface area (Å²) < 4.78 is 40.0. The number of carbonyl (C=O) groups is 1. The highest BCUT2D eigenvalue weighted by atomic mass is 19.4. The van der Waals surface area contributed by atoms with Gasteiger partial charge in [0.2, 0.25) is 0 Å². The minimum atomic E-state index is -4.70. The third-order valence-corrected chi connectivity index (χ3v) is 4.88. The summed E-state index contributed by atoms with van der Waals surface area (Å²) in [6.45, 7) is 8.26. The van der Waals surface area contributed by atoms with Gasteiger partial charge in [0.15, 0.2) is 0 Å². The van der Waals surface area contributed by atoms with E-state index in [1.54, 1.807) is 0 Å². The second-order valence-electron chi connectivity index (χ2n) is 6.71. The molecule has 2 nitrogen and oxygen atoms in total. The van der Waals surface area contributed by atoms with Gasteiger partial charge in [-0.1, -0.05) is 39.8 Å². The Morgan fingerprint density at radius 2 is 1.57 bits per heavy atom. The molecule has 1 aromatic carbocycles. The second kappa shape index (κ2) is 4.75. The van der Waals surface area contributed by atoms with Crippen LogP contribution in [0.5, 0.6) is 5.75 Å². The Labute approximate surface area is 122 Å². The molecule has 0 spiro atoms. The monoisotopic (exact) mass is 300 g/mol. The van der Waals surface area contributed by atoms with E-state index in [4.69, 9.17) is 0 Å².